The molecule has 0 saturated heterocycles. The van der Waals surface area contributed by atoms with Crippen LogP contribution < -0.4 is 0 Å². The Hall–Kier alpha value is -4.54. The predicted octanol–water partition coefficient (Wildman–Crippen LogP) is 21.6. The van der Waals surface area contributed by atoms with Gasteiger partial charge in [0.15, 0.2) is 12.2 Å². The number of phosphoric acid groups is 2. The van der Waals surface area contributed by atoms with E-state index in [0.717, 1.165) is 161 Å². The number of aliphatic hydroxyl groups is 1. The lowest BCUT2D eigenvalue weighted by molar-refractivity contribution is -0.161. The van der Waals surface area contributed by atoms with E-state index in [1.807, 2.05) is 18.2 Å². The first-order valence-electron chi connectivity index (χ1n) is 37.8. The zero-order chi connectivity index (χ0) is 71.8. The van der Waals surface area contributed by atoms with Gasteiger partial charge in [-0.1, -0.05) is 258 Å². The Labute approximate surface area is 593 Å². The van der Waals surface area contributed by atoms with Gasteiger partial charge in [0.1, 0.15) is 19.3 Å². The number of ether oxygens (including phenoxy) is 4. The zero-order valence-corrected chi connectivity index (χ0v) is 63.0. The molecule has 3 N–H and O–H groups in total. The van der Waals surface area contributed by atoms with Crippen molar-refractivity contribution in [2.24, 2.45) is 0 Å². The maximum absolute atomic E-state index is 13.1. The van der Waals surface area contributed by atoms with Crippen molar-refractivity contribution in [3.05, 3.63) is 122 Å². The number of hydrogen-bond donors (Lipinski definition) is 3. The van der Waals surface area contributed by atoms with Crippen LogP contribution >= 0.6 is 15.6 Å². The highest BCUT2D eigenvalue weighted by Crippen LogP contribution is 2.45. The summed E-state index contributed by atoms with van der Waals surface area (Å²) in [5.74, 6) is -2.36. The van der Waals surface area contributed by atoms with Gasteiger partial charge in [-0.3, -0.25) is 37.3 Å². The summed E-state index contributed by atoms with van der Waals surface area (Å²) in [5, 5.41) is 10.6. The molecule has 0 rings (SSSR count). The van der Waals surface area contributed by atoms with E-state index in [1.165, 1.54) is 57.8 Å². The second kappa shape index (κ2) is 70.9. The van der Waals surface area contributed by atoms with E-state index >= 15 is 0 Å². The number of rotatable bonds is 70. The molecule has 98 heavy (non-hydrogen) atoms. The van der Waals surface area contributed by atoms with Gasteiger partial charge in [-0.2, -0.15) is 0 Å². The third-order valence-corrected chi connectivity index (χ3v) is 17.3. The van der Waals surface area contributed by atoms with Gasteiger partial charge in [0.05, 0.1) is 32.8 Å². The quantitative estimate of drug-likeness (QED) is 0.0169. The van der Waals surface area contributed by atoms with Gasteiger partial charge >= 0.3 is 39.5 Å². The highest BCUT2D eigenvalue weighted by molar-refractivity contribution is 7.47. The Morgan fingerprint density at radius 1 is 0.306 bits per heavy atom. The number of aliphatic hydroxyl groups excluding tert-OH is 1. The van der Waals surface area contributed by atoms with Crippen LogP contribution in [0.3, 0.4) is 0 Å². The highest BCUT2D eigenvalue weighted by Gasteiger charge is 2.30. The van der Waals surface area contributed by atoms with Crippen LogP contribution in [0.15, 0.2) is 122 Å². The summed E-state index contributed by atoms with van der Waals surface area (Å²) in [5.41, 5.74) is 0. The van der Waals surface area contributed by atoms with Crippen molar-refractivity contribution in [1.29, 1.82) is 0 Å². The van der Waals surface area contributed by atoms with Crippen molar-refractivity contribution in [3.63, 3.8) is 0 Å². The largest absolute Gasteiger partial charge is 0.472 e. The van der Waals surface area contributed by atoms with Gasteiger partial charge < -0.3 is 33.8 Å². The van der Waals surface area contributed by atoms with Crippen molar-refractivity contribution in [3.8, 4) is 0 Å². The van der Waals surface area contributed by atoms with E-state index in [2.05, 4.69) is 125 Å². The van der Waals surface area contributed by atoms with Crippen LogP contribution in [0.1, 0.15) is 297 Å². The molecule has 5 unspecified atom stereocenters. The van der Waals surface area contributed by atoms with Gasteiger partial charge in [0.25, 0.3) is 0 Å². The summed E-state index contributed by atoms with van der Waals surface area (Å²) < 4.78 is 68.3. The Morgan fingerprint density at radius 2 is 0.592 bits per heavy atom. The van der Waals surface area contributed by atoms with E-state index in [-0.39, 0.29) is 25.7 Å². The molecule has 19 heteroatoms. The Balaban J connectivity index is 5.44. The van der Waals surface area contributed by atoms with Crippen LogP contribution in [-0.4, -0.2) is 96.7 Å². The molecule has 0 aromatic carbocycles. The normalized spacial score (nSPS) is 14.6. The molecule has 0 aliphatic carbocycles. The van der Waals surface area contributed by atoms with Crippen molar-refractivity contribution in [1.82, 2.24) is 0 Å². The van der Waals surface area contributed by atoms with E-state index in [4.69, 9.17) is 37.0 Å². The maximum Gasteiger partial charge on any atom is 0.472 e. The molecule has 0 aromatic heterocycles. The molecule has 0 aliphatic rings. The SMILES string of the molecule is CC/C=C\C/C=C\C/C=C\C/C=C\C/C=C\CC(=O)OCC(COP(=O)(O)OCC(O)COP(=O)(O)OCC(COC(=O)CCCCCCC/C=C\C/C=C\CCCCC)OC(=O)CCCCCCC/C=C\C/C=C\CCC)OC(=O)CCCCCCC/C=C\CCCCCCCC. The number of unbranched alkanes of at least 4 members (excludes halogenated alkanes) is 25. The fourth-order valence-electron chi connectivity index (χ4n) is 9.65. The lowest BCUT2D eigenvalue weighted by Gasteiger charge is -2.21. The van der Waals surface area contributed by atoms with E-state index in [9.17, 15) is 43.2 Å². The van der Waals surface area contributed by atoms with Crippen LogP contribution in [0, 0.1) is 0 Å². The number of allylic oxidation sites excluding steroid dienone is 19. The maximum atomic E-state index is 13.1. The molecule has 562 valence electrons. The zero-order valence-electron chi connectivity index (χ0n) is 61.2. The molecule has 5 atom stereocenters. The molecule has 0 radical (unpaired) electrons. The molecule has 0 saturated carbocycles. The monoisotopic (exact) mass is 1420 g/mol. The van der Waals surface area contributed by atoms with Crippen LogP contribution in [0.4, 0.5) is 0 Å². The lowest BCUT2D eigenvalue weighted by Crippen LogP contribution is -2.30. The van der Waals surface area contributed by atoms with E-state index < -0.39 is 97.5 Å². The second-order valence-corrected chi connectivity index (χ2v) is 27.8. The standard InChI is InChI=1S/C79H134O17P2/c1-5-9-13-17-21-25-29-33-36-40-43-47-51-55-59-63-76(81)89-69-74(95-78(83)65-61-57-53-49-45-39-32-28-24-20-16-12-8-4)71-93-97(85,86)91-67-73(80)68-92-98(87,88)94-72-75(96-79(84)66-62-58-54-50-46-42-38-35-31-27-23-19-15-11-7-3)70-90-77(82)64-60-56-52-48-44-41-37-34-30-26-22-18-14-10-6-2/h10,14,16,20-22,25-26,28,32-38,44,48,56,60,73-75,80H,5-9,11-13,15,17-19,23-24,27,29-31,39-43,45-47,49-55,57-59,61-72H2,1-4H3,(H,85,86)(H,87,88)/b14-10-,20-16-,25-21-,26-22-,32-28-,36-33-,37-34-,38-35-,48-44-,60-56-. The minimum absolute atomic E-state index is 0.0634. The summed E-state index contributed by atoms with van der Waals surface area (Å²) in [7, 11) is -9.98. The first-order valence-corrected chi connectivity index (χ1v) is 40.8. The van der Waals surface area contributed by atoms with Crippen molar-refractivity contribution in [2.45, 2.75) is 316 Å². The summed E-state index contributed by atoms with van der Waals surface area (Å²) in [6.45, 7) is 4.50. The van der Waals surface area contributed by atoms with Crippen molar-refractivity contribution >= 4 is 39.5 Å². The Morgan fingerprint density at radius 3 is 0.980 bits per heavy atom. The minimum Gasteiger partial charge on any atom is -0.462 e. The number of phosphoric ester groups is 2. The fourth-order valence-corrected chi connectivity index (χ4v) is 11.2. The molecule has 0 fully saturated rings. The lowest BCUT2D eigenvalue weighted by atomic mass is 10.1. The van der Waals surface area contributed by atoms with E-state index in [0.29, 0.717) is 25.7 Å². The van der Waals surface area contributed by atoms with Crippen molar-refractivity contribution in [2.75, 3.05) is 39.6 Å². The molecule has 0 aliphatic heterocycles. The number of carbonyl (C=O) groups excluding carboxylic acids is 4. The average molecular weight is 1420 g/mol. The van der Waals surface area contributed by atoms with Gasteiger partial charge in [0.2, 0.25) is 0 Å². The third-order valence-electron chi connectivity index (χ3n) is 15.4. The molecule has 0 heterocycles. The Bertz CT molecular complexity index is 2340. The molecule has 17 nitrogen and oxygen atoms in total. The number of carbonyl (C=O) groups is 4. The van der Waals surface area contributed by atoms with Crippen LogP contribution in [0.5, 0.6) is 0 Å². The molecule has 0 bridgehead atoms. The Kier molecular flexibility index (Phi) is 67.6. The predicted molar refractivity (Wildman–Crippen MR) is 399 cm³/mol. The summed E-state index contributed by atoms with van der Waals surface area (Å²) in [6.07, 6.45) is 76.5. The van der Waals surface area contributed by atoms with Gasteiger partial charge in [-0.15, -0.1) is 0 Å². The van der Waals surface area contributed by atoms with Crippen molar-refractivity contribution < 1.29 is 80.2 Å². The van der Waals surface area contributed by atoms with Gasteiger partial charge in [-0.05, 0) is 135 Å². The minimum atomic E-state index is -5.00. The smallest absolute Gasteiger partial charge is 0.462 e. The first kappa shape index (κ1) is 93.5. The summed E-state index contributed by atoms with van der Waals surface area (Å²) >= 11 is 0. The third kappa shape index (κ3) is 69.9. The number of hydrogen-bond acceptors (Lipinski definition) is 15. The molecular weight excluding hydrogens is 1280 g/mol. The summed E-state index contributed by atoms with van der Waals surface area (Å²) in [6, 6.07) is 0. The number of esters is 4. The highest BCUT2D eigenvalue weighted by atomic mass is 31.2. The molecular formula is C79H134O17P2. The van der Waals surface area contributed by atoms with E-state index in [1.54, 1.807) is 6.08 Å². The van der Waals surface area contributed by atoms with Gasteiger partial charge in [-0.25, -0.2) is 9.13 Å². The average Bonchev–Trinajstić information content (AvgIpc) is 1.04. The van der Waals surface area contributed by atoms with Crippen LogP contribution in [-0.2, 0) is 65.4 Å². The molecule has 0 amide bonds. The van der Waals surface area contributed by atoms with Crippen LogP contribution in [0.2, 0.25) is 0 Å². The fraction of sp³-hybridized carbons (Fsp3) is 0.696. The first-order chi connectivity index (χ1) is 47.7. The van der Waals surface area contributed by atoms with Crippen LogP contribution in [0.25, 0.3) is 0 Å². The summed E-state index contributed by atoms with van der Waals surface area (Å²) in [4.78, 5) is 72.7. The second-order valence-electron chi connectivity index (χ2n) is 24.9. The topological polar surface area (TPSA) is 237 Å². The van der Waals surface area contributed by atoms with Gasteiger partial charge in [0, 0.05) is 19.3 Å². The molecule has 0 spiro atoms. The molecule has 0 aromatic rings.